The third-order valence-electron chi connectivity index (χ3n) is 3.81. The van der Waals surface area contributed by atoms with E-state index in [9.17, 15) is 9.59 Å². The van der Waals surface area contributed by atoms with Gasteiger partial charge in [0.25, 0.3) is 5.91 Å². The number of nitrogens with two attached hydrogens (primary N) is 1. The van der Waals surface area contributed by atoms with Crippen molar-refractivity contribution in [3.05, 3.63) is 40.0 Å². The number of benzene rings is 1. The minimum absolute atomic E-state index is 0.120. The first kappa shape index (κ1) is 14.9. The van der Waals surface area contributed by atoms with Gasteiger partial charge in [-0.05, 0) is 19.1 Å². The van der Waals surface area contributed by atoms with Crippen molar-refractivity contribution in [2.24, 2.45) is 5.84 Å². The van der Waals surface area contributed by atoms with Gasteiger partial charge in [-0.25, -0.2) is 10.6 Å². The maximum absolute atomic E-state index is 12.5. The van der Waals surface area contributed by atoms with Gasteiger partial charge in [0, 0.05) is 24.5 Å². The van der Waals surface area contributed by atoms with Crippen molar-refractivity contribution in [1.82, 2.24) is 14.9 Å². The Morgan fingerprint density at radius 1 is 1.48 bits per heavy atom. The van der Waals surface area contributed by atoms with Crippen molar-refractivity contribution in [2.75, 3.05) is 18.9 Å². The Morgan fingerprint density at radius 3 is 2.96 bits per heavy atom. The lowest BCUT2D eigenvalue weighted by Gasteiger charge is -2.34. The highest BCUT2D eigenvalue weighted by Crippen LogP contribution is 2.20. The second kappa shape index (κ2) is 5.29. The number of guanidine groups is 1. The molecule has 0 aliphatic carbocycles. The molecule has 23 heavy (non-hydrogen) atoms. The topological polar surface area (TPSA) is 131 Å². The Kier molecular flexibility index (Phi) is 3.41. The molecular formula is C14H16N6O3. The van der Waals surface area contributed by atoms with E-state index in [-0.39, 0.29) is 18.4 Å². The van der Waals surface area contributed by atoms with Gasteiger partial charge in [-0.1, -0.05) is 0 Å². The lowest BCUT2D eigenvalue weighted by Crippen LogP contribution is -2.51. The summed E-state index contributed by atoms with van der Waals surface area (Å²) < 4.78 is 4.97. The number of aromatic nitrogens is 1. The van der Waals surface area contributed by atoms with Crippen LogP contribution in [0.15, 0.2) is 38.7 Å². The Bertz CT molecular complexity index is 893. The van der Waals surface area contributed by atoms with Gasteiger partial charge >= 0.3 is 5.76 Å². The number of H-pyrrole nitrogens is 1. The average molecular weight is 316 g/mol. The third kappa shape index (κ3) is 2.57. The molecule has 2 aromatic rings. The monoisotopic (exact) mass is 316 g/mol. The minimum atomic E-state index is -0.548. The molecule has 0 spiro atoms. The summed E-state index contributed by atoms with van der Waals surface area (Å²) in [6.45, 7) is 1.90. The van der Waals surface area contributed by atoms with Crippen LogP contribution in [-0.4, -0.2) is 40.4 Å². The Balaban J connectivity index is 1.87. The van der Waals surface area contributed by atoms with Crippen molar-refractivity contribution in [3.8, 4) is 0 Å². The summed E-state index contributed by atoms with van der Waals surface area (Å²) in [7, 11) is 1.67. The number of nitrogens with zero attached hydrogens (tertiary/aromatic N) is 2. The van der Waals surface area contributed by atoms with Gasteiger partial charge in [0.2, 0.25) is 5.96 Å². The number of hydrazine groups is 1. The van der Waals surface area contributed by atoms with Crippen molar-refractivity contribution in [2.45, 2.75) is 6.92 Å². The number of hydrogen-bond acceptors (Lipinski definition) is 5. The van der Waals surface area contributed by atoms with Crippen molar-refractivity contribution < 1.29 is 9.21 Å². The predicted molar refractivity (Wildman–Crippen MR) is 84.5 cm³/mol. The molecular weight excluding hydrogens is 300 g/mol. The van der Waals surface area contributed by atoms with Gasteiger partial charge in [0.15, 0.2) is 5.58 Å². The molecule has 9 heteroatoms. The van der Waals surface area contributed by atoms with Gasteiger partial charge in [0.05, 0.1) is 17.6 Å². The van der Waals surface area contributed by atoms with Gasteiger partial charge in [-0.2, -0.15) is 0 Å². The fourth-order valence-electron chi connectivity index (χ4n) is 2.38. The number of amides is 1. The first-order chi connectivity index (χ1) is 10.9. The normalized spacial score (nSPS) is 15.5. The molecule has 120 valence electrons. The number of carbonyl (C=O) groups excluding carboxylic acids is 1. The molecule has 9 nitrogen and oxygen atoms in total. The van der Waals surface area contributed by atoms with Crippen LogP contribution in [0.4, 0.5) is 5.69 Å². The van der Waals surface area contributed by atoms with E-state index in [4.69, 9.17) is 15.7 Å². The molecule has 0 radical (unpaired) electrons. The molecule has 0 fully saturated rings. The maximum atomic E-state index is 12.5. The molecule has 0 saturated carbocycles. The quantitative estimate of drug-likeness (QED) is 0.593. The fourth-order valence-corrected chi connectivity index (χ4v) is 2.38. The minimum Gasteiger partial charge on any atom is -0.408 e. The summed E-state index contributed by atoms with van der Waals surface area (Å²) in [5.74, 6) is 4.98. The van der Waals surface area contributed by atoms with Crippen molar-refractivity contribution in [3.63, 3.8) is 0 Å². The second-order valence-electron chi connectivity index (χ2n) is 5.25. The smallest absolute Gasteiger partial charge is 0.408 e. The summed E-state index contributed by atoms with van der Waals surface area (Å²) in [4.78, 5) is 27.7. The van der Waals surface area contributed by atoms with Crippen LogP contribution in [0.5, 0.6) is 0 Å². The molecule has 1 aromatic carbocycles. The van der Waals surface area contributed by atoms with Gasteiger partial charge in [-0.3, -0.25) is 20.2 Å². The number of carbonyl (C=O) groups is 1. The average Bonchev–Trinajstić information content (AvgIpc) is 2.88. The zero-order valence-corrected chi connectivity index (χ0v) is 12.6. The van der Waals surface area contributed by atoms with Crippen molar-refractivity contribution >= 4 is 28.7 Å². The van der Waals surface area contributed by atoms with E-state index in [2.05, 4.69) is 10.3 Å². The van der Waals surface area contributed by atoms with Gasteiger partial charge in [0.1, 0.15) is 0 Å². The zero-order valence-electron chi connectivity index (χ0n) is 12.6. The maximum Gasteiger partial charge on any atom is 0.417 e. The first-order valence-electron chi connectivity index (χ1n) is 6.85. The van der Waals surface area contributed by atoms with Crippen LogP contribution in [0.25, 0.3) is 11.1 Å². The van der Waals surface area contributed by atoms with Crippen LogP contribution < -0.4 is 16.9 Å². The number of fused-ring (bicyclic) bond motifs is 1. The van der Waals surface area contributed by atoms with E-state index in [1.54, 1.807) is 32.2 Å². The highest BCUT2D eigenvalue weighted by Gasteiger charge is 2.27. The van der Waals surface area contributed by atoms with Crippen LogP contribution >= 0.6 is 0 Å². The number of aromatic amines is 1. The van der Waals surface area contributed by atoms with Crippen LogP contribution in [0.1, 0.15) is 6.92 Å². The van der Waals surface area contributed by atoms with Gasteiger partial charge < -0.3 is 14.6 Å². The lowest BCUT2D eigenvalue weighted by molar-refractivity contribution is -0.113. The largest absolute Gasteiger partial charge is 0.417 e. The van der Waals surface area contributed by atoms with E-state index >= 15 is 0 Å². The predicted octanol–water partition coefficient (Wildman–Crippen LogP) is 0.389. The molecule has 0 atom stereocenters. The SMILES string of the molecule is CC1=C(C(=O)Nc2ccc3[nH]c(=O)oc3c2)CN(N)C(=N)N1C. The summed E-state index contributed by atoms with van der Waals surface area (Å²) in [6.07, 6.45) is 0. The molecule has 0 bridgehead atoms. The highest BCUT2D eigenvalue weighted by molar-refractivity contribution is 6.06. The fraction of sp³-hybridized carbons (Fsp3) is 0.214. The zero-order chi connectivity index (χ0) is 16.7. The summed E-state index contributed by atoms with van der Waals surface area (Å²) in [5.41, 5.74) is 2.53. The number of rotatable bonds is 2. The Labute approximate surface area is 130 Å². The molecule has 2 heterocycles. The lowest BCUT2D eigenvalue weighted by atomic mass is 10.1. The standard InChI is InChI=1S/C14H16N6O3/c1-7-9(6-20(16)13(15)19(7)2)12(21)17-8-3-4-10-11(5-8)23-14(22)18-10/h3-5,15H,6,16H2,1-2H3,(H,17,21)(H,18,22). The number of hydrogen-bond donors (Lipinski definition) is 4. The van der Waals surface area contributed by atoms with Crippen LogP contribution in [-0.2, 0) is 4.79 Å². The number of anilines is 1. The Hall–Kier alpha value is -3.07. The van der Waals surface area contributed by atoms with Crippen LogP contribution in [0, 0.1) is 5.41 Å². The second-order valence-corrected chi connectivity index (χ2v) is 5.25. The highest BCUT2D eigenvalue weighted by atomic mass is 16.4. The molecule has 1 aliphatic rings. The van der Waals surface area contributed by atoms with Crippen LogP contribution in [0.3, 0.4) is 0 Å². The summed E-state index contributed by atoms with van der Waals surface area (Å²) in [6, 6.07) is 4.88. The molecule has 1 amide bonds. The number of nitrogens with one attached hydrogen (secondary N) is 3. The molecule has 0 unspecified atom stereocenters. The van der Waals surface area contributed by atoms with E-state index in [1.165, 1.54) is 9.91 Å². The number of allylic oxidation sites excluding steroid dienone is 1. The molecule has 3 rings (SSSR count). The molecule has 1 aliphatic heterocycles. The summed E-state index contributed by atoms with van der Waals surface area (Å²) in [5, 5.41) is 11.7. The van der Waals surface area contributed by atoms with E-state index in [0.29, 0.717) is 28.1 Å². The van der Waals surface area contributed by atoms with E-state index < -0.39 is 5.76 Å². The van der Waals surface area contributed by atoms with Crippen LogP contribution in [0.2, 0.25) is 0 Å². The Morgan fingerprint density at radius 2 is 2.22 bits per heavy atom. The molecule has 5 N–H and O–H groups in total. The molecule has 0 saturated heterocycles. The summed E-state index contributed by atoms with van der Waals surface area (Å²) >= 11 is 0. The van der Waals surface area contributed by atoms with E-state index in [0.717, 1.165) is 0 Å². The van der Waals surface area contributed by atoms with Crippen molar-refractivity contribution in [1.29, 1.82) is 5.41 Å². The van der Waals surface area contributed by atoms with Gasteiger partial charge in [-0.15, -0.1) is 0 Å². The third-order valence-corrected chi connectivity index (χ3v) is 3.81. The van der Waals surface area contributed by atoms with E-state index in [1.807, 2.05) is 0 Å². The molecule has 1 aromatic heterocycles. The number of oxazole rings is 1. The first-order valence-corrected chi connectivity index (χ1v) is 6.85.